The maximum atomic E-state index is 5.58. The van der Waals surface area contributed by atoms with E-state index in [-0.39, 0.29) is 12.4 Å². The summed E-state index contributed by atoms with van der Waals surface area (Å²) in [5.74, 6) is 3.06. The normalized spacial score (nSPS) is 20.2. The van der Waals surface area contributed by atoms with Gasteiger partial charge in [0, 0.05) is 13.1 Å². The van der Waals surface area contributed by atoms with Crippen molar-refractivity contribution in [3.8, 4) is 0 Å². The molecule has 1 aromatic heterocycles. The van der Waals surface area contributed by atoms with Crippen molar-refractivity contribution >= 4 is 12.4 Å². The monoisotopic (exact) mass is 356 g/mol. The van der Waals surface area contributed by atoms with Gasteiger partial charge < -0.3 is 10.3 Å². The van der Waals surface area contributed by atoms with Gasteiger partial charge in [0.25, 0.3) is 0 Å². The first-order chi connectivity index (χ1) is 11.3. The van der Waals surface area contributed by atoms with Gasteiger partial charge >= 0.3 is 0 Å². The first kappa shape index (κ1) is 19.7. The Labute approximate surface area is 152 Å². The highest BCUT2D eigenvalue weighted by atomic mass is 35.5. The fourth-order valence-corrected chi connectivity index (χ4v) is 4.31. The lowest BCUT2D eigenvalue weighted by Crippen LogP contribution is -2.35. The molecule has 0 atom stereocenters. The Hall–Kier alpha value is -0.650. The molecule has 2 aliphatic rings. The Bertz CT molecular complexity index is 436. The highest BCUT2D eigenvalue weighted by Crippen LogP contribution is 2.28. The molecule has 2 aliphatic carbocycles. The molecule has 0 bridgehead atoms. The number of hydrogen-bond acceptors (Lipinski definition) is 5. The van der Waals surface area contributed by atoms with Crippen LogP contribution in [0, 0.1) is 11.8 Å². The van der Waals surface area contributed by atoms with E-state index in [2.05, 4.69) is 15.0 Å². The summed E-state index contributed by atoms with van der Waals surface area (Å²) in [4.78, 5) is 7.00. The van der Waals surface area contributed by atoms with Gasteiger partial charge in [0.2, 0.25) is 5.89 Å². The van der Waals surface area contributed by atoms with E-state index in [1.54, 1.807) is 0 Å². The maximum Gasteiger partial charge on any atom is 0.240 e. The van der Waals surface area contributed by atoms with Crippen LogP contribution in [0.3, 0.4) is 0 Å². The zero-order chi connectivity index (χ0) is 15.9. The van der Waals surface area contributed by atoms with Crippen LogP contribution in [0.1, 0.15) is 75.9 Å². The molecular weight excluding hydrogens is 324 g/mol. The topological polar surface area (TPSA) is 68.2 Å². The Morgan fingerprint density at radius 3 is 1.92 bits per heavy atom. The second kappa shape index (κ2) is 10.4. The van der Waals surface area contributed by atoms with Gasteiger partial charge in [0.05, 0.1) is 13.1 Å². The lowest BCUT2D eigenvalue weighted by molar-refractivity contribution is 0.149. The highest BCUT2D eigenvalue weighted by Gasteiger charge is 2.23. The molecule has 0 saturated heterocycles. The van der Waals surface area contributed by atoms with Crippen molar-refractivity contribution in [2.45, 2.75) is 77.3 Å². The van der Waals surface area contributed by atoms with Crippen LogP contribution >= 0.6 is 12.4 Å². The van der Waals surface area contributed by atoms with Gasteiger partial charge in [0.1, 0.15) is 0 Å². The summed E-state index contributed by atoms with van der Waals surface area (Å²) < 4.78 is 5.18. The standard InChI is InChI=1S/C18H32N4O.ClH/c19-11-18-20-17(21-23-18)14-22(12-15-7-3-1-4-8-15)13-16-9-5-2-6-10-16;/h15-16H,1-14,19H2;1H. The average molecular weight is 357 g/mol. The van der Waals surface area contributed by atoms with Crippen molar-refractivity contribution in [2.75, 3.05) is 13.1 Å². The second-order valence-electron chi connectivity index (χ2n) is 7.51. The highest BCUT2D eigenvalue weighted by molar-refractivity contribution is 5.85. The SMILES string of the molecule is Cl.NCc1nc(CN(CC2CCCCC2)CC2CCCCC2)no1. The van der Waals surface area contributed by atoms with Gasteiger partial charge in [-0.2, -0.15) is 4.98 Å². The van der Waals surface area contributed by atoms with Gasteiger partial charge in [-0.05, 0) is 37.5 Å². The maximum absolute atomic E-state index is 5.58. The molecule has 1 aromatic rings. The van der Waals surface area contributed by atoms with Crippen LogP contribution in [0.2, 0.25) is 0 Å². The van der Waals surface area contributed by atoms with Crippen molar-refractivity contribution in [1.29, 1.82) is 0 Å². The van der Waals surface area contributed by atoms with Gasteiger partial charge in [-0.1, -0.05) is 43.7 Å². The van der Waals surface area contributed by atoms with Crippen LogP contribution in [-0.2, 0) is 13.1 Å². The molecular formula is C18H33ClN4O. The third kappa shape index (κ3) is 6.01. The van der Waals surface area contributed by atoms with Crippen LogP contribution in [0.25, 0.3) is 0 Å². The molecule has 0 unspecified atom stereocenters. The fraction of sp³-hybridized carbons (Fsp3) is 0.889. The van der Waals surface area contributed by atoms with Crippen molar-refractivity contribution in [2.24, 2.45) is 17.6 Å². The summed E-state index contributed by atoms with van der Waals surface area (Å²) in [7, 11) is 0. The predicted molar refractivity (Wildman–Crippen MR) is 97.9 cm³/mol. The summed E-state index contributed by atoms with van der Waals surface area (Å²) in [5, 5.41) is 4.11. The zero-order valence-corrected chi connectivity index (χ0v) is 15.6. The predicted octanol–water partition coefficient (Wildman–Crippen LogP) is 3.91. The van der Waals surface area contributed by atoms with Crippen LogP contribution in [0.4, 0.5) is 0 Å². The molecule has 0 spiro atoms. The van der Waals surface area contributed by atoms with Crippen molar-refractivity contribution in [3.63, 3.8) is 0 Å². The van der Waals surface area contributed by atoms with E-state index < -0.39 is 0 Å². The Kier molecular flexibility index (Phi) is 8.50. The molecule has 138 valence electrons. The van der Waals surface area contributed by atoms with E-state index >= 15 is 0 Å². The van der Waals surface area contributed by atoms with Crippen molar-refractivity contribution < 1.29 is 4.52 Å². The van der Waals surface area contributed by atoms with Crippen LogP contribution < -0.4 is 5.73 Å². The minimum Gasteiger partial charge on any atom is -0.338 e. The molecule has 3 rings (SSSR count). The molecule has 0 amide bonds. The molecule has 6 heteroatoms. The molecule has 24 heavy (non-hydrogen) atoms. The number of aromatic nitrogens is 2. The number of rotatable bonds is 7. The van der Waals surface area contributed by atoms with E-state index in [9.17, 15) is 0 Å². The van der Waals surface area contributed by atoms with E-state index in [4.69, 9.17) is 10.3 Å². The number of nitrogens with zero attached hydrogens (tertiary/aromatic N) is 3. The Morgan fingerprint density at radius 1 is 0.917 bits per heavy atom. The third-order valence-electron chi connectivity index (χ3n) is 5.53. The summed E-state index contributed by atoms with van der Waals surface area (Å²) >= 11 is 0. The Balaban J connectivity index is 0.00000208. The molecule has 2 saturated carbocycles. The van der Waals surface area contributed by atoms with Crippen molar-refractivity contribution in [1.82, 2.24) is 15.0 Å². The van der Waals surface area contributed by atoms with E-state index in [1.165, 1.54) is 77.3 Å². The molecule has 0 aliphatic heterocycles. The lowest BCUT2D eigenvalue weighted by atomic mass is 9.87. The minimum atomic E-state index is 0. The van der Waals surface area contributed by atoms with Crippen LogP contribution in [0.15, 0.2) is 4.52 Å². The van der Waals surface area contributed by atoms with E-state index in [1.807, 2.05) is 0 Å². The summed E-state index contributed by atoms with van der Waals surface area (Å²) in [6.45, 7) is 3.54. The average Bonchev–Trinajstić information content (AvgIpc) is 3.04. The summed E-state index contributed by atoms with van der Waals surface area (Å²) in [6, 6.07) is 0. The first-order valence-electron chi connectivity index (χ1n) is 9.57. The second-order valence-corrected chi connectivity index (χ2v) is 7.51. The number of halogens is 1. The lowest BCUT2D eigenvalue weighted by Gasteiger charge is -2.33. The molecule has 5 nitrogen and oxygen atoms in total. The largest absolute Gasteiger partial charge is 0.338 e. The number of nitrogens with two attached hydrogens (primary N) is 1. The fourth-order valence-electron chi connectivity index (χ4n) is 4.31. The summed E-state index contributed by atoms with van der Waals surface area (Å²) in [6.07, 6.45) is 14.0. The van der Waals surface area contributed by atoms with Gasteiger partial charge in [-0.25, -0.2) is 0 Å². The third-order valence-corrected chi connectivity index (χ3v) is 5.53. The zero-order valence-electron chi connectivity index (χ0n) is 14.8. The van der Waals surface area contributed by atoms with E-state index in [0.717, 1.165) is 24.2 Å². The summed E-state index contributed by atoms with van der Waals surface area (Å²) in [5.41, 5.74) is 5.58. The molecule has 0 radical (unpaired) electrons. The first-order valence-corrected chi connectivity index (χ1v) is 9.57. The molecule has 2 fully saturated rings. The number of hydrogen-bond donors (Lipinski definition) is 1. The van der Waals surface area contributed by atoms with Gasteiger partial charge in [0.15, 0.2) is 5.82 Å². The van der Waals surface area contributed by atoms with Crippen LogP contribution in [0.5, 0.6) is 0 Å². The Morgan fingerprint density at radius 2 is 1.46 bits per heavy atom. The van der Waals surface area contributed by atoms with Crippen molar-refractivity contribution in [3.05, 3.63) is 11.7 Å². The van der Waals surface area contributed by atoms with Gasteiger partial charge in [-0.3, -0.25) is 4.90 Å². The quantitative estimate of drug-likeness (QED) is 0.802. The molecule has 1 heterocycles. The van der Waals surface area contributed by atoms with Crippen LogP contribution in [-0.4, -0.2) is 28.1 Å². The molecule has 2 N–H and O–H groups in total. The van der Waals surface area contributed by atoms with Gasteiger partial charge in [-0.15, -0.1) is 12.4 Å². The minimum absolute atomic E-state index is 0. The smallest absolute Gasteiger partial charge is 0.240 e. The molecule has 0 aromatic carbocycles. The van der Waals surface area contributed by atoms with E-state index in [0.29, 0.717) is 12.4 Å².